The number of hydrogen-bond acceptors (Lipinski definition) is 11. The number of aryl methyl sites for hydroxylation is 1. The minimum atomic E-state index is -3.88. The highest BCUT2D eigenvalue weighted by molar-refractivity contribution is 7.99. The molecule has 392 valence electrons. The van der Waals surface area contributed by atoms with Crippen LogP contribution in [-0.4, -0.2) is 143 Å². The third-order valence-corrected chi connectivity index (χ3v) is 18.8. The summed E-state index contributed by atoms with van der Waals surface area (Å²) >= 11 is 8.15. The predicted octanol–water partition coefficient (Wildman–Crippen LogP) is 8.89. The van der Waals surface area contributed by atoms with Crippen LogP contribution in [0.1, 0.15) is 40.9 Å². The monoisotopic (exact) mass is 1080 g/mol. The van der Waals surface area contributed by atoms with E-state index in [2.05, 4.69) is 53.6 Å². The smallest absolute Gasteiger partial charge is 0.261 e. The van der Waals surface area contributed by atoms with Gasteiger partial charge in [-0.1, -0.05) is 54.1 Å². The van der Waals surface area contributed by atoms with Crippen LogP contribution in [0, 0.1) is 13.8 Å². The third-order valence-electron chi connectivity index (χ3n) is 14.7. The van der Waals surface area contributed by atoms with Crippen LogP contribution in [0.25, 0.3) is 22.4 Å². The topological polar surface area (TPSA) is 151 Å². The lowest BCUT2D eigenvalue weighted by Crippen LogP contribution is -2.50. The van der Waals surface area contributed by atoms with E-state index in [1.807, 2.05) is 106 Å². The molecule has 5 aromatic carbocycles. The number of nitrogens with zero attached hydrogens (tertiary/aromatic N) is 6. The van der Waals surface area contributed by atoms with Gasteiger partial charge in [-0.25, -0.2) is 16.8 Å². The highest BCUT2D eigenvalue weighted by Gasteiger charge is 2.33. The van der Waals surface area contributed by atoms with E-state index in [4.69, 9.17) is 11.6 Å². The van der Waals surface area contributed by atoms with Gasteiger partial charge in [0.05, 0.1) is 28.5 Å². The summed E-state index contributed by atoms with van der Waals surface area (Å²) < 4.78 is 58.4. The normalized spacial score (nSPS) is 16.9. The number of likely N-dealkylation sites (tertiary alicyclic amines) is 1. The molecule has 1 aromatic heterocycles. The first-order chi connectivity index (χ1) is 35.5. The molecule has 3 aliphatic heterocycles. The molecule has 1 amide bonds. The van der Waals surface area contributed by atoms with Crippen molar-refractivity contribution in [3.8, 4) is 22.4 Å². The average Bonchev–Trinajstić information content (AvgIpc) is 3.67. The molecule has 0 saturated carbocycles. The van der Waals surface area contributed by atoms with E-state index in [9.17, 15) is 26.7 Å². The molecule has 3 N–H and O–H groups in total. The number of thioether (sulfide) groups is 1. The molecule has 0 radical (unpaired) electrons. The zero-order chi connectivity index (χ0) is 52.1. The quantitative estimate of drug-likeness (QED) is 0.0752. The maximum Gasteiger partial charge on any atom is 0.261 e. The summed E-state index contributed by atoms with van der Waals surface area (Å²) in [6.07, 6.45) is 3.52. The summed E-state index contributed by atoms with van der Waals surface area (Å²) in [5, 5.41) is 14.4. The summed E-state index contributed by atoms with van der Waals surface area (Å²) in [6, 6.07) is 39.3. The summed E-state index contributed by atoms with van der Waals surface area (Å²) in [5.41, 5.74) is 9.23. The number of amides is 1. The number of carbonyl (C=O) groups is 1. The Kier molecular flexibility index (Phi) is 16.7. The zero-order valence-corrected chi connectivity index (χ0v) is 45.8. The van der Waals surface area contributed by atoms with Gasteiger partial charge in [-0.2, -0.15) is 4.31 Å². The van der Waals surface area contributed by atoms with E-state index >= 15 is 0 Å². The first kappa shape index (κ1) is 53.3. The van der Waals surface area contributed by atoms with E-state index in [-0.39, 0.29) is 36.0 Å². The van der Waals surface area contributed by atoms with Crippen LogP contribution in [0.4, 0.5) is 22.7 Å². The molecule has 18 heteroatoms. The van der Waals surface area contributed by atoms with Crippen molar-refractivity contribution in [3.05, 3.63) is 143 Å². The lowest BCUT2D eigenvalue weighted by molar-refractivity contribution is 0.0698. The number of benzene rings is 5. The molecule has 0 spiro atoms. The van der Waals surface area contributed by atoms with Gasteiger partial charge in [-0.05, 0) is 129 Å². The maximum absolute atomic E-state index is 14.6. The lowest BCUT2D eigenvalue weighted by atomic mass is 9.95. The van der Waals surface area contributed by atoms with E-state index in [0.29, 0.717) is 29.4 Å². The molecule has 4 heterocycles. The molecule has 6 aromatic rings. The zero-order valence-electron chi connectivity index (χ0n) is 42.6. The molecule has 1 atom stereocenters. The molecule has 3 fully saturated rings. The van der Waals surface area contributed by atoms with Crippen LogP contribution in [0.15, 0.2) is 131 Å². The van der Waals surface area contributed by atoms with Crippen LogP contribution in [0.5, 0.6) is 0 Å². The summed E-state index contributed by atoms with van der Waals surface area (Å²) in [5.74, 6) is 0.727. The highest BCUT2D eigenvalue weighted by Crippen LogP contribution is 2.41. The van der Waals surface area contributed by atoms with Gasteiger partial charge < -0.3 is 34.6 Å². The number of anilines is 4. The van der Waals surface area contributed by atoms with Gasteiger partial charge in [0.15, 0.2) is 0 Å². The van der Waals surface area contributed by atoms with Crippen LogP contribution >= 0.6 is 23.4 Å². The molecular formula is C56H67ClN8O6S3. The summed E-state index contributed by atoms with van der Waals surface area (Å²) in [6.45, 7) is 10.7. The first-order valence-corrected chi connectivity index (χ1v) is 30.1. The largest absolute Gasteiger partial charge is 0.393 e. The fraction of sp³-hybridized carbons (Fsp3) is 0.375. The van der Waals surface area contributed by atoms with Gasteiger partial charge in [-0.3, -0.25) is 9.52 Å². The Labute approximate surface area is 446 Å². The SMILES string of the molecule is Cc1cc(S(=O)(=O)Nc2ccc(N3CCN(c4cccc(-c5c(C(=O)N6CCN(S(C)(=O)=O)CC6)c(C)n(C)c5-c5ccc(Cl)cc5)c4)CC3)cc2)ccc1N[C@H](CCN1CCC(O)CC1)CSc1ccccc1. The number of rotatable bonds is 17. The Morgan fingerprint density at radius 3 is 2.05 bits per heavy atom. The minimum absolute atomic E-state index is 0.127. The number of halogens is 1. The molecular weight excluding hydrogens is 1010 g/mol. The maximum atomic E-state index is 14.6. The Bertz CT molecular complexity index is 3140. The van der Waals surface area contributed by atoms with Crippen molar-refractivity contribution in [3.63, 3.8) is 0 Å². The Hall–Kier alpha value is -5.53. The number of aromatic nitrogens is 1. The van der Waals surface area contributed by atoms with Crippen molar-refractivity contribution < 1.29 is 26.7 Å². The fourth-order valence-corrected chi connectivity index (χ4v) is 13.4. The second-order valence-corrected chi connectivity index (χ2v) is 24.9. The molecule has 0 unspecified atom stereocenters. The average molecular weight is 1080 g/mol. The number of piperazine rings is 2. The standard InChI is InChI=1S/C56H67ClN8O6S3/c1-40-37-51(21-22-52(40)58-46(39-72-50-11-6-5-7-12-50)23-26-61-27-24-49(66)25-28-61)74(70,71)59-45-17-19-47(20-18-45)62-29-31-63(32-30-62)48-10-8-9-43(38-48)54-53(56(67)64-33-35-65(36-34-64)73(4,68)69)41(2)60(3)55(54)42-13-15-44(57)16-14-42/h5-22,37-38,46,49,58-59,66H,23-36,39H2,1-4H3/t46-/m1/s1. The van der Waals surface area contributed by atoms with Crippen LogP contribution in [0.2, 0.25) is 5.02 Å². The van der Waals surface area contributed by atoms with Gasteiger partial charge >= 0.3 is 0 Å². The number of piperidine rings is 1. The van der Waals surface area contributed by atoms with Gasteiger partial charge in [0.25, 0.3) is 15.9 Å². The van der Waals surface area contributed by atoms with Crippen molar-refractivity contribution in [1.82, 2.24) is 18.7 Å². The number of hydrogen-bond donors (Lipinski definition) is 3. The number of nitrogens with one attached hydrogen (secondary N) is 2. The van der Waals surface area contributed by atoms with Crippen molar-refractivity contribution in [2.24, 2.45) is 7.05 Å². The second kappa shape index (κ2) is 23.2. The number of aliphatic hydroxyl groups excluding tert-OH is 1. The molecule has 0 aliphatic carbocycles. The Morgan fingerprint density at radius 2 is 1.41 bits per heavy atom. The van der Waals surface area contributed by atoms with Crippen molar-refractivity contribution in [2.45, 2.75) is 55.0 Å². The minimum Gasteiger partial charge on any atom is -0.393 e. The van der Waals surface area contributed by atoms with Crippen molar-refractivity contribution >= 4 is 72.1 Å². The molecule has 3 saturated heterocycles. The predicted molar refractivity (Wildman–Crippen MR) is 302 cm³/mol. The van der Waals surface area contributed by atoms with Gasteiger partial charge in [-0.15, -0.1) is 11.8 Å². The number of sulfonamides is 2. The molecule has 9 rings (SSSR count). The van der Waals surface area contributed by atoms with Gasteiger partial charge in [0, 0.05) is 135 Å². The molecule has 0 bridgehead atoms. The van der Waals surface area contributed by atoms with Crippen LogP contribution in [-0.2, 0) is 27.1 Å². The van der Waals surface area contributed by atoms with Crippen molar-refractivity contribution in [1.29, 1.82) is 0 Å². The molecule has 74 heavy (non-hydrogen) atoms. The highest BCUT2D eigenvalue weighted by atomic mass is 35.5. The molecule has 3 aliphatic rings. The van der Waals surface area contributed by atoms with E-state index in [1.165, 1.54) is 15.5 Å². The second-order valence-electron chi connectivity index (χ2n) is 19.7. The summed E-state index contributed by atoms with van der Waals surface area (Å²) in [4.78, 5) is 24.8. The van der Waals surface area contributed by atoms with Gasteiger partial charge in [0.2, 0.25) is 10.0 Å². The van der Waals surface area contributed by atoms with Crippen LogP contribution < -0.4 is 19.8 Å². The van der Waals surface area contributed by atoms with E-state index in [0.717, 1.165) is 122 Å². The third kappa shape index (κ3) is 12.6. The van der Waals surface area contributed by atoms with E-state index in [1.54, 1.807) is 28.8 Å². The molecule has 14 nitrogen and oxygen atoms in total. The summed E-state index contributed by atoms with van der Waals surface area (Å²) in [7, 11) is -5.27. The lowest BCUT2D eigenvalue weighted by Gasteiger charge is -2.37. The first-order valence-electron chi connectivity index (χ1n) is 25.4. The number of aliphatic hydroxyl groups is 1. The Morgan fingerprint density at radius 1 is 0.743 bits per heavy atom. The Balaban J connectivity index is 0.847. The van der Waals surface area contributed by atoms with Gasteiger partial charge in [0.1, 0.15) is 0 Å². The number of carbonyl (C=O) groups excluding carboxylic acids is 1. The van der Waals surface area contributed by atoms with Crippen molar-refractivity contribution in [2.75, 3.05) is 104 Å². The van der Waals surface area contributed by atoms with E-state index < -0.39 is 20.0 Å². The fourth-order valence-electron chi connectivity index (χ4n) is 10.3. The van der Waals surface area contributed by atoms with Crippen LogP contribution in [0.3, 0.4) is 0 Å².